The third kappa shape index (κ3) is 4.68. The van der Waals surface area contributed by atoms with Gasteiger partial charge in [0, 0.05) is 11.1 Å². The van der Waals surface area contributed by atoms with Gasteiger partial charge in [0.15, 0.2) is 6.04 Å². The van der Waals surface area contributed by atoms with Gasteiger partial charge in [0.25, 0.3) is 0 Å². The second kappa shape index (κ2) is 10.5. The summed E-state index contributed by atoms with van der Waals surface area (Å²) in [5, 5.41) is 0. The second-order valence-corrected chi connectivity index (χ2v) is 13.2. The van der Waals surface area contributed by atoms with Crippen LogP contribution in [-0.2, 0) is 11.8 Å². The standard InChI is InChI=1S/C29H31O5PS/c1-16-12-18(3)24(19(4)13-16)27(30)35(36,28(31)25-20(5)14-17(2)15-21(25)6)29(32)26-22(33-7)10-9-11-23(26)34-8/h9-15H,1-8H3. The average Bonchev–Trinajstić information content (AvgIpc) is 2.80. The van der Waals surface area contributed by atoms with Gasteiger partial charge in [-0.05, 0) is 75.9 Å². The van der Waals surface area contributed by atoms with Gasteiger partial charge in [-0.2, -0.15) is 0 Å². The van der Waals surface area contributed by atoms with Gasteiger partial charge in [0.1, 0.15) is 17.1 Å². The summed E-state index contributed by atoms with van der Waals surface area (Å²) in [4.78, 5) is 43.1. The first kappa shape index (κ1) is 27.5. The summed E-state index contributed by atoms with van der Waals surface area (Å²) in [5.41, 5.74) is 3.35. The molecule has 3 aromatic rings. The molecule has 0 N–H and O–H groups in total. The average molecular weight is 523 g/mol. The molecule has 0 aliphatic rings. The summed E-state index contributed by atoms with van der Waals surface area (Å²) in [7, 11) is 2.84. The van der Waals surface area contributed by atoms with Crippen molar-refractivity contribution in [3.63, 3.8) is 0 Å². The Kier molecular flexibility index (Phi) is 8.02. The highest BCUT2D eigenvalue weighted by Crippen LogP contribution is 2.58. The fourth-order valence-corrected chi connectivity index (χ4v) is 8.09. The molecule has 0 heterocycles. The van der Waals surface area contributed by atoms with E-state index in [1.165, 1.54) is 14.2 Å². The minimum atomic E-state index is -4.12. The van der Waals surface area contributed by atoms with Crippen molar-refractivity contribution in [2.45, 2.75) is 41.5 Å². The molecule has 0 fully saturated rings. The normalized spacial score (nSPS) is 11.2. The first-order valence-electron chi connectivity index (χ1n) is 11.5. The summed E-state index contributed by atoms with van der Waals surface area (Å²) < 4.78 is 10.9. The smallest absolute Gasteiger partial charge is 0.216 e. The Balaban J connectivity index is 2.41. The van der Waals surface area contributed by atoms with E-state index in [-0.39, 0.29) is 17.1 Å². The predicted molar refractivity (Wildman–Crippen MR) is 148 cm³/mol. The third-order valence-corrected chi connectivity index (χ3v) is 10.2. The fourth-order valence-electron chi connectivity index (χ4n) is 4.85. The Morgan fingerprint density at radius 3 is 1.22 bits per heavy atom. The van der Waals surface area contributed by atoms with E-state index in [1.807, 2.05) is 38.1 Å². The van der Waals surface area contributed by atoms with Crippen LogP contribution in [0.3, 0.4) is 0 Å². The van der Waals surface area contributed by atoms with Crippen LogP contribution >= 0.6 is 6.04 Å². The molecule has 0 atom stereocenters. The number of benzene rings is 3. The highest BCUT2D eigenvalue weighted by molar-refractivity contribution is 8.38. The summed E-state index contributed by atoms with van der Waals surface area (Å²) in [6, 6.07) is 8.18. The van der Waals surface area contributed by atoms with Crippen LogP contribution < -0.4 is 9.47 Å². The van der Waals surface area contributed by atoms with Crippen LogP contribution in [0.4, 0.5) is 0 Å². The molecule has 7 heteroatoms. The van der Waals surface area contributed by atoms with Crippen molar-refractivity contribution in [1.82, 2.24) is 0 Å². The number of rotatable bonds is 8. The van der Waals surface area contributed by atoms with E-state index in [0.717, 1.165) is 11.1 Å². The molecule has 0 unspecified atom stereocenters. The molecule has 0 aliphatic heterocycles. The first-order chi connectivity index (χ1) is 16.9. The van der Waals surface area contributed by atoms with E-state index in [0.29, 0.717) is 33.4 Å². The quantitative estimate of drug-likeness (QED) is 0.301. The minimum Gasteiger partial charge on any atom is -0.496 e. The molecular formula is C29H31O5PS. The summed E-state index contributed by atoms with van der Waals surface area (Å²) >= 11 is 5.99. The Labute approximate surface area is 217 Å². The number of methoxy groups -OCH3 is 2. The van der Waals surface area contributed by atoms with E-state index in [1.54, 1.807) is 45.9 Å². The molecule has 0 amide bonds. The molecule has 0 spiro atoms. The molecule has 0 saturated carbocycles. The van der Waals surface area contributed by atoms with Crippen LogP contribution in [0.15, 0.2) is 42.5 Å². The zero-order chi connectivity index (χ0) is 26.9. The Bertz CT molecular complexity index is 1310. The molecule has 0 aliphatic carbocycles. The van der Waals surface area contributed by atoms with Crippen LogP contribution in [0, 0.1) is 41.5 Å². The minimum absolute atomic E-state index is 0.0115. The molecule has 0 bridgehead atoms. The Morgan fingerprint density at radius 2 is 0.917 bits per heavy atom. The molecule has 3 aromatic carbocycles. The molecule has 0 radical (unpaired) electrons. The van der Waals surface area contributed by atoms with Gasteiger partial charge in [-0.1, -0.05) is 53.3 Å². The second-order valence-electron chi connectivity index (χ2n) is 9.11. The monoisotopic (exact) mass is 522 g/mol. The molecule has 3 rings (SSSR count). The van der Waals surface area contributed by atoms with Gasteiger partial charge in [-0.15, -0.1) is 0 Å². The van der Waals surface area contributed by atoms with Gasteiger partial charge in [-0.25, -0.2) is 0 Å². The van der Waals surface area contributed by atoms with Crippen molar-refractivity contribution in [2.75, 3.05) is 14.2 Å². The van der Waals surface area contributed by atoms with Crippen molar-refractivity contribution in [1.29, 1.82) is 0 Å². The van der Waals surface area contributed by atoms with Crippen molar-refractivity contribution in [2.24, 2.45) is 0 Å². The molecule has 0 aromatic heterocycles. The lowest BCUT2D eigenvalue weighted by molar-refractivity contribution is 0.102. The largest absolute Gasteiger partial charge is 0.496 e. The highest BCUT2D eigenvalue weighted by atomic mass is 32.4. The molecule has 188 valence electrons. The Morgan fingerprint density at radius 1 is 0.611 bits per heavy atom. The fraction of sp³-hybridized carbons (Fsp3) is 0.276. The lowest BCUT2D eigenvalue weighted by Crippen LogP contribution is -2.21. The van der Waals surface area contributed by atoms with E-state index in [4.69, 9.17) is 21.3 Å². The third-order valence-electron chi connectivity index (χ3n) is 6.28. The maximum atomic E-state index is 14.4. The van der Waals surface area contributed by atoms with Gasteiger partial charge in [0.2, 0.25) is 16.6 Å². The van der Waals surface area contributed by atoms with Crippen molar-refractivity contribution in [3.05, 3.63) is 92.5 Å². The summed E-state index contributed by atoms with van der Waals surface area (Å²) in [6.45, 7) is 11.1. The number of ether oxygens (including phenoxy) is 2. The maximum absolute atomic E-state index is 14.4. The van der Waals surface area contributed by atoms with Crippen LogP contribution in [0.2, 0.25) is 0 Å². The first-order valence-corrected chi connectivity index (χ1v) is 14.3. The zero-order valence-electron chi connectivity index (χ0n) is 21.9. The molecule has 36 heavy (non-hydrogen) atoms. The van der Waals surface area contributed by atoms with Crippen LogP contribution in [0.5, 0.6) is 11.5 Å². The van der Waals surface area contributed by atoms with Gasteiger partial charge < -0.3 is 9.47 Å². The number of carbonyl (C=O) groups excluding carboxylic acids is 3. The van der Waals surface area contributed by atoms with Gasteiger partial charge in [-0.3, -0.25) is 14.4 Å². The summed E-state index contributed by atoms with van der Waals surface area (Å²) in [6.07, 6.45) is 0. The van der Waals surface area contributed by atoms with Crippen molar-refractivity contribution < 1.29 is 23.9 Å². The van der Waals surface area contributed by atoms with E-state index < -0.39 is 22.6 Å². The van der Waals surface area contributed by atoms with Gasteiger partial charge >= 0.3 is 0 Å². The predicted octanol–water partition coefficient (Wildman–Crippen LogP) is 6.85. The van der Waals surface area contributed by atoms with Crippen LogP contribution in [0.25, 0.3) is 0 Å². The van der Waals surface area contributed by atoms with Crippen LogP contribution in [0.1, 0.15) is 64.5 Å². The van der Waals surface area contributed by atoms with Crippen molar-refractivity contribution >= 4 is 34.4 Å². The number of carbonyl (C=O) groups is 3. The topological polar surface area (TPSA) is 69.7 Å². The Hall–Kier alpha value is -3.08. The molecular weight excluding hydrogens is 491 g/mol. The highest BCUT2D eigenvalue weighted by Gasteiger charge is 2.47. The molecule has 0 saturated heterocycles. The van der Waals surface area contributed by atoms with E-state index >= 15 is 0 Å². The van der Waals surface area contributed by atoms with E-state index in [2.05, 4.69) is 0 Å². The number of hydrogen-bond donors (Lipinski definition) is 0. The maximum Gasteiger partial charge on any atom is 0.216 e. The lowest BCUT2D eigenvalue weighted by Gasteiger charge is -2.24. The number of aryl methyl sites for hydroxylation is 6. The molecule has 5 nitrogen and oxygen atoms in total. The zero-order valence-corrected chi connectivity index (χ0v) is 23.6. The van der Waals surface area contributed by atoms with E-state index in [9.17, 15) is 14.4 Å². The van der Waals surface area contributed by atoms with Crippen LogP contribution in [-0.4, -0.2) is 30.8 Å². The number of hydrogen-bond acceptors (Lipinski definition) is 6. The SMILES string of the molecule is COc1cccc(OC)c1C(=O)P(=S)(C(=O)c1c(C)cc(C)cc1C)C(=O)c1c(C)cc(C)cc1C. The van der Waals surface area contributed by atoms with Crippen molar-refractivity contribution in [3.8, 4) is 11.5 Å². The summed E-state index contributed by atoms with van der Waals surface area (Å²) in [5.74, 6) is 0.396. The van der Waals surface area contributed by atoms with Gasteiger partial charge in [0.05, 0.1) is 14.2 Å². The lowest BCUT2D eigenvalue weighted by atomic mass is 10.0.